The Labute approximate surface area is 167 Å². The molecule has 152 valence electrons. The number of aliphatic imine (C=N–C) groups is 1. The molecule has 2 bridgehead atoms. The van der Waals surface area contributed by atoms with Gasteiger partial charge in [-0.3, -0.25) is 19.5 Å². The van der Waals surface area contributed by atoms with E-state index in [4.69, 9.17) is 0 Å². The fraction of sp³-hybridized carbons (Fsp3) is 0.773. The molecule has 0 spiro atoms. The van der Waals surface area contributed by atoms with Crippen molar-refractivity contribution in [3.63, 3.8) is 0 Å². The average Bonchev–Trinajstić information content (AvgIpc) is 3.22. The monoisotopic (exact) mass is 384 g/mol. The number of rotatable bonds is 7. The van der Waals surface area contributed by atoms with Crippen molar-refractivity contribution in [2.75, 3.05) is 26.7 Å². The van der Waals surface area contributed by atoms with Crippen LogP contribution in [-0.2, 0) is 9.59 Å². The molecule has 4 fully saturated rings. The number of nitrogens with zero attached hydrogens (tertiary/aromatic N) is 2. The van der Waals surface area contributed by atoms with E-state index in [1.807, 2.05) is 0 Å². The summed E-state index contributed by atoms with van der Waals surface area (Å²) in [6.07, 6.45) is 12.9. The van der Waals surface area contributed by atoms with Crippen molar-refractivity contribution in [2.45, 2.75) is 44.9 Å². The van der Waals surface area contributed by atoms with Gasteiger partial charge < -0.3 is 10.6 Å². The normalized spacial score (nSPS) is 35.3. The molecule has 3 saturated carbocycles. The molecule has 2 N–H and O–H groups in total. The van der Waals surface area contributed by atoms with Crippen LogP contribution in [0.25, 0.3) is 0 Å². The Morgan fingerprint density at radius 3 is 2.36 bits per heavy atom. The smallest absolute Gasteiger partial charge is 0.233 e. The van der Waals surface area contributed by atoms with Crippen molar-refractivity contribution in [3.8, 4) is 0 Å². The molecule has 2 amide bonds. The topological polar surface area (TPSA) is 73.8 Å². The van der Waals surface area contributed by atoms with Crippen LogP contribution in [0.2, 0.25) is 0 Å². The molecule has 6 nitrogen and oxygen atoms in total. The number of likely N-dealkylation sites (tertiary alicyclic amines) is 1. The Balaban J connectivity index is 1.07. The average molecular weight is 385 g/mol. The molecule has 4 aliphatic carbocycles. The van der Waals surface area contributed by atoms with Gasteiger partial charge in [0.1, 0.15) is 0 Å². The van der Waals surface area contributed by atoms with Gasteiger partial charge in [-0.25, -0.2) is 0 Å². The zero-order valence-electron chi connectivity index (χ0n) is 16.8. The van der Waals surface area contributed by atoms with Gasteiger partial charge in [-0.05, 0) is 61.7 Å². The van der Waals surface area contributed by atoms with Gasteiger partial charge in [0, 0.05) is 26.7 Å². The van der Waals surface area contributed by atoms with Crippen LogP contribution in [0.4, 0.5) is 0 Å². The van der Waals surface area contributed by atoms with Gasteiger partial charge in [-0.15, -0.1) is 0 Å². The molecule has 0 aromatic rings. The van der Waals surface area contributed by atoms with Gasteiger partial charge in [0.15, 0.2) is 5.96 Å². The van der Waals surface area contributed by atoms with E-state index in [1.165, 1.54) is 37.0 Å². The number of amides is 2. The minimum Gasteiger partial charge on any atom is -0.356 e. The highest BCUT2D eigenvalue weighted by Gasteiger charge is 2.58. The van der Waals surface area contributed by atoms with E-state index in [0.717, 1.165) is 31.3 Å². The van der Waals surface area contributed by atoms with Crippen LogP contribution in [0.15, 0.2) is 17.1 Å². The standard InChI is InChI=1S/C22H32N4O2/c1-23-21(25-13-22(8-2-9-22)16-6-7-16)24-10-3-11-26-19(27)17-14-4-5-15(12-14)18(17)20(26)28/h4-5,14-18H,2-3,6-13H2,1H3,(H2,23,24,25). The summed E-state index contributed by atoms with van der Waals surface area (Å²) in [5.74, 6) is 2.31. The Morgan fingerprint density at radius 2 is 1.82 bits per heavy atom. The minimum absolute atomic E-state index is 0.0608. The highest BCUT2D eigenvalue weighted by atomic mass is 16.2. The van der Waals surface area contributed by atoms with Crippen LogP contribution in [0.3, 0.4) is 0 Å². The van der Waals surface area contributed by atoms with Crippen LogP contribution in [0, 0.1) is 35.0 Å². The third-order valence-corrected chi connectivity index (χ3v) is 8.04. The summed E-state index contributed by atoms with van der Waals surface area (Å²) >= 11 is 0. The Bertz CT molecular complexity index is 692. The first kappa shape index (κ1) is 18.2. The van der Waals surface area contributed by atoms with E-state index < -0.39 is 0 Å². The fourth-order valence-electron chi connectivity index (χ4n) is 6.16. The molecular formula is C22H32N4O2. The molecule has 0 aromatic heterocycles. The minimum atomic E-state index is -0.0778. The predicted octanol–water partition coefficient (Wildman–Crippen LogP) is 1.93. The number of hydrogen-bond acceptors (Lipinski definition) is 3. The molecule has 1 aliphatic heterocycles. The summed E-state index contributed by atoms with van der Waals surface area (Å²) < 4.78 is 0. The predicted molar refractivity (Wildman–Crippen MR) is 107 cm³/mol. The molecule has 28 heavy (non-hydrogen) atoms. The van der Waals surface area contributed by atoms with Crippen molar-refractivity contribution in [1.29, 1.82) is 0 Å². The quantitative estimate of drug-likeness (QED) is 0.231. The molecule has 5 rings (SSSR count). The molecule has 1 heterocycles. The number of hydrogen-bond donors (Lipinski definition) is 2. The molecule has 1 saturated heterocycles. The largest absolute Gasteiger partial charge is 0.356 e. The number of carbonyl (C=O) groups excluding carboxylic acids is 2. The summed E-state index contributed by atoms with van der Waals surface area (Å²) in [7, 11) is 1.80. The number of carbonyl (C=O) groups is 2. The Kier molecular flexibility index (Phi) is 4.48. The van der Waals surface area contributed by atoms with E-state index in [2.05, 4.69) is 27.8 Å². The molecular weight excluding hydrogens is 352 g/mol. The van der Waals surface area contributed by atoms with Gasteiger partial charge in [0.2, 0.25) is 11.8 Å². The van der Waals surface area contributed by atoms with Crippen molar-refractivity contribution in [1.82, 2.24) is 15.5 Å². The van der Waals surface area contributed by atoms with Crippen LogP contribution in [-0.4, -0.2) is 49.4 Å². The number of imide groups is 1. The van der Waals surface area contributed by atoms with Crippen LogP contribution in [0.5, 0.6) is 0 Å². The Hall–Kier alpha value is -1.85. The highest BCUT2D eigenvalue weighted by Crippen LogP contribution is 2.56. The maximum absolute atomic E-state index is 12.7. The van der Waals surface area contributed by atoms with Crippen LogP contribution < -0.4 is 10.6 Å². The molecule has 5 aliphatic rings. The van der Waals surface area contributed by atoms with Crippen LogP contribution in [0.1, 0.15) is 44.9 Å². The third kappa shape index (κ3) is 2.87. The summed E-state index contributed by atoms with van der Waals surface area (Å²) in [5.41, 5.74) is 0.511. The van der Waals surface area contributed by atoms with Gasteiger partial charge >= 0.3 is 0 Å². The highest BCUT2D eigenvalue weighted by molar-refractivity contribution is 6.06. The van der Waals surface area contributed by atoms with Crippen molar-refractivity contribution in [3.05, 3.63) is 12.2 Å². The SMILES string of the molecule is CN=C(NCCCN1C(=O)C2C3C=CC(C3)C2C1=O)NCC1(C2CC2)CCC1. The first-order valence-corrected chi connectivity index (χ1v) is 11.1. The van der Waals surface area contributed by atoms with Gasteiger partial charge in [0.05, 0.1) is 11.8 Å². The Morgan fingerprint density at radius 1 is 1.14 bits per heavy atom. The zero-order chi connectivity index (χ0) is 19.3. The van der Waals surface area contributed by atoms with E-state index >= 15 is 0 Å². The number of nitrogens with one attached hydrogen (secondary N) is 2. The lowest BCUT2D eigenvalue weighted by Gasteiger charge is -2.43. The lowest BCUT2D eigenvalue weighted by atomic mass is 9.65. The van der Waals surface area contributed by atoms with Crippen LogP contribution >= 0.6 is 0 Å². The molecule has 4 unspecified atom stereocenters. The number of allylic oxidation sites excluding steroid dienone is 2. The summed E-state index contributed by atoms with van der Waals surface area (Å²) in [6.45, 7) is 2.24. The molecule has 0 radical (unpaired) electrons. The molecule has 4 atom stereocenters. The van der Waals surface area contributed by atoms with E-state index in [1.54, 1.807) is 7.05 Å². The second kappa shape index (κ2) is 6.89. The van der Waals surface area contributed by atoms with E-state index in [0.29, 0.717) is 30.3 Å². The number of fused-ring (bicyclic) bond motifs is 5. The van der Waals surface area contributed by atoms with Gasteiger partial charge in [-0.1, -0.05) is 18.6 Å². The maximum atomic E-state index is 12.7. The van der Waals surface area contributed by atoms with Gasteiger partial charge in [-0.2, -0.15) is 0 Å². The molecule has 6 heteroatoms. The third-order valence-electron chi connectivity index (χ3n) is 8.04. The van der Waals surface area contributed by atoms with Crippen molar-refractivity contribution >= 4 is 17.8 Å². The summed E-state index contributed by atoms with van der Waals surface area (Å²) in [6, 6.07) is 0. The zero-order valence-corrected chi connectivity index (χ0v) is 16.8. The lowest BCUT2D eigenvalue weighted by Crippen LogP contribution is -2.48. The first-order valence-electron chi connectivity index (χ1n) is 11.1. The number of guanidine groups is 1. The van der Waals surface area contributed by atoms with Crippen molar-refractivity contribution < 1.29 is 9.59 Å². The molecule has 0 aromatic carbocycles. The summed E-state index contributed by atoms with van der Waals surface area (Å²) in [5, 5.41) is 6.88. The van der Waals surface area contributed by atoms with E-state index in [9.17, 15) is 9.59 Å². The maximum Gasteiger partial charge on any atom is 0.233 e. The second-order valence-corrected chi connectivity index (χ2v) is 9.52. The fourth-order valence-corrected chi connectivity index (χ4v) is 6.16. The van der Waals surface area contributed by atoms with E-state index in [-0.39, 0.29) is 23.7 Å². The lowest BCUT2D eigenvalue weighted by molar-refractivity contribution is -0.140. The second-order valence-electron chi connectivity index (χ2n) is 9.52. The summed E-state index contributed by atoms with van der Waals surface area (Å²) in [4.78, 5) is 31.3. The van der Waals surface area contributed by atoms with Gasteiger partial charge in [0.25, 0.3) is 0 Å². The first-order chi connectivity index (χ1) is 13.6. The van der Waals surface area contributed by atoms with Crippen molar-refractivity contribution in [2.24, 2.45) is 40.0 Å².